The van der Waals surface area contributed by atoms with Gasteiger partial charge in [0.25, 0.3) is 0 Å². The molecule has 0 saturated carbocycles. The van der Waals surface area contributed by atoms with Gasteiger partial charge in [0.2, 0.25) is 0 Å². The molecule has 3 unspecified atom stereocenters. The van der Waals surface area contributed by atoms with Gasteiger partial charge in [-0.15, -0.1) is 6.58 Å². The first-order chi connectivity index (χ1) is 8.77. The van der Waals surface area contributed by atoms with E-state index in [1.54, 1.807) is 0 Å². The molecule has 0 aliphatic carbocycles. The Morgan fingerprint density at radius 2 is 2.17 bits per heavy atom. The summed E-state index contributed by atoms with van der Waals surface area (Å²) in [6, 6.07) is 0.568. The van der Waals surface area contributed by atoms with Crippen molar-refractivity contribution in [3.8, 4) is 0 Å². The van der Waals surface area contributed by atoms with Crippen LogP contribution in [0.25, 0.3) is 0 Å². The topological polar surface area (TPSA) is 21.3 Å². The van der Waals surface area contributed by atoms with Crippen LogP contribution in [-0.4, -0.2) is 24.8 Å². The molecule has 1 fully saturated rings. The monoisotopic (exact) mass is 253 g/mol. The van der Waals surface area contributed by atoms with Crippen molar-refractivity contribution in [3.05, 3.63) is 12.7 Å². The van der Waals surface area contributed by atoms with E-state index in [9.17, 15) is 0 Å². The lowest BCUT2D eigenvalue weighted by molar-refractivity contribution is 0.0295. The van der Waals surface area contributed by atoms with E-state index in [2.05, 4.69) is 25.7 Å². The third-order valence-electron chi connectivity index (χ3n) is 3.79. The molecule has 3 atom stereocenters. The summed E-state index contributed by atoms with van der Waals surface area (Å²) < 4.78 is 6.02. The van der Waals surface area contributed by atoms with Crippen molar-refractivity contribution in [1.29, 1.82) is 0 Å². The molecule has 1 aliphatic rings. The Bertz CT molecular complexity index is 217. The standard InChI is InChI=1S/C16H31NO/c1-4-6-7-8-9-10-15(17-13-5-2)16-12-11-14(3)18-16/h4,14-17H,1,5-13H2,2-3H3. The van der Waals surface area contributed by atoms with Crippen molar-refractivity contribution < 1.29 is 4.74 Å². The van der Waals surface area contributed by atoms with Gasteiger partial charge in [-0.25, -0.2) is 0 Å². The van der Waals surface area contributed by atoms with Crippen molar-refractivity contribution >= 4 is 0 Å². The van der Waals surface area contributed by atoms with Crippen LogP contribution >= 0.6 is 0 Å². The molecule has 18 heavy (non-hydrogen) atoms. The van der Waals surface area contributed by atoms with Crippen LogP contribution in [0, 0.1) is 0 Å². The maximum atomic E-state index is 6.02. The summed E-state index contributed by atoms with van der Waals surface area (Å²) in [4.78, 5) is 0. The number of allylic oxidation sites excluding steroid dienone is 1. The van der Waals surface area contributed by atoms with Gasteiger partial charge in [-0.2, -0.15) is 0 Å². The Morgan fingerprint density at radius 3 is 2.78 bits per heavy atom. The number of nitrogens with one attached hydrogen (secondary N) is 1. The first-order valence-corrected chi connectivity index (χ1v) is 7.77. The van der Waals surface area contributed by atoms with Crippen molar-refractivity contribution in [2.45, 2.75) is 83.5 Å². The van der Waals surface area contributed by atoms with E-state index >= 15 is 0 Å². The Kier molecular flexibility index (Phi) is 8.36. The van der Waals surface area contributed by atoms with Crippen LogP contribution in [0.2, 0.25) is 0 Å². The summed E-state index contributed by atoms with van der Waals surface area (Å²) in [5.74, 6) is 0. The molecule has 2 heteroatoms. The van der Waals surface area contributed by atoms with Crippen LogP contribution in [0.5, 0.6) is 0 Å². The van der Waals surface area contributed by atoms with Gasteiger partial charge in [-0.05, 0) is 52.0 Å². The molecule has 0 radical (unpaired) electrons. The highest BCUT2D eigenvalue weighted by molar-refractivity contribution is 4.83. The lowest BCUT2D eigenvalue weighted by Gasteiger charge is -2.25. The summed E-state index contributed by atoms with van der Waals surface area (Å²) >= 11 is 0. The minimum absolute atomic E-state index is 0.450. The Balaban J connectivity index is 2.24. The highest BCUT2D eigenvalue weighted by Gasteiger charge is 2.28. The second kappa shape index (κ2) is 9.57. The van der Waals surface area contributed by atoms with E-state index in [0.29, 0.717) is 18.2 Å². The van der Waals surface area contributed by atoms with Crippen LogP contribution in [0.3, 0.4) is 0 Å². The van der Waals surface area contributed by atoms with E-state index in [0.717, 1.165) is 13.0 Å². The van der Waals surface area contributed by atoms with Crippen LogP contribution in [0.15, 0.2) is 12.7 Å². The summed E-state index contributed by atoms with van der Waals surface area (Å²) in [5, 5.41) is 3.68. The van der Waals surface area contributed by atoms with Gasteiger partial charge in [0.15, 0.2) is 0 Å². The number of hydrogen-bond acceptors (Lipinski definition) is 2. The van der Waals surface area contributed by atoms with E-state index in [4.69, 9.17) is 4.74 Å². The van der Waals surface area contributed by atoms with Gasteiger partial charge < -0.3 is 10.1 Å². The molecule has 1 N–H and O–H groups in total. The number of hydrogen-bond donors (Lipinski definition) is 1. The Morgan fingerprint density at radius 1 is 1.33 bits per heavy atom. The van der Waals surface area contributed by atoms with E-state index in [1.165, 1.54) is 44.9 Å². The second-order valence-corrected chi connectivity index (χ2v) is 5.55. The lowest BCUT2D eigenvalue weighted by atomic mass is 10.00. The number of unbranched alkanes of at least 4 members (excludes halogenated alkanes) is 3. The predicted octanol–water partition coefficient (Wildman–Crippen LogP) is 4.06. The van der Waals surface area contributed by atoms with E-state index < -0.39 is 0 Å². The molecule has 0 aromatic carbocycles. The zero-order valence-corrected chi connectivity index (χ0v) is 12.3. The first kappa shape index (κ1) is 15.7. The fraction of sp³-hybridized carbons (Fsp3) is 0.875. The molecule has 2 nitrogen and oxygen atoms in total. The molecule has 0 amide bonds. The summed E-state index contributed by atoms with van der Waals surface area (Å²) in [7, 11) is 0. The number of rotatable bonds is 10. The molecular formula is C16H31NO. The van der Waals surface area contributed by atoms with Gasteiger partial charge in [0.1, 0.15) is 0 Å². The highest BCUT2D eigenvalue weighted by atomic mass is 16.5. The van der Waals surface area contributed by atoms with Gasteiger partial charge in [0.05, 0.1) is 12.2 Å². The van der Waals surface area contributed by atoms with Crippen LogP contribution in [0.1, 0.15) is 65.2 Å². The van der Waals surface area contributed by atoms with Gasteiger partial charge in [-0.1, -0.05) is 25.8 Å². The molecule has 1 heterocycles. The van der Waals surface area contributed by atoms with Crippen molar-refractivity contribution in [2.75, 3.05) is 6.54 Å². The SMILES string of the molecule is C=CCCCCCC(NCCC)C1CCC(C)O1. The predicted molar refractivity (Wildman–Crippen MR) is 78.9 cm³/mol. The average Bonchev–Trinajstić information content (AvgIpc) is 2.79. The normalized spacial score (nSPS) is 25.2. The zero-order chi connectivity index (χ0) is 13.2. The molecule has 1 aliphatic heterocycles. The third-order valence-corrected chi connectivity index (χ3v) is 3.79. The largest absolute Gasteiger partial charge is 0.374 e. The number of ether oxygens (including phenoxy) is 1. The van der Waals surface area contributed by atoms with Crippen molar-refractivity contribution in [3.63, 3.8) is 0 Å². The zero-order valence-electron chi connectivity index (χ0n) is 12.3. The molecule has 1 saturated heterocycles. The van der Waals surface area contributed by atoms with Gasteiger partial charge in [-0.3, -0.25) is 0 Å². The van der Waals surface area contributed by atoms with E-state index in [-0.39, 0.29) is 0 Å². The fourth-order valence-electron chi connectivity index (χ4n) is 2.71. The quantitative estimate of drug-likeness (QED) is 0.468. The van der Waals surface area contributed by atoms with E-state index in [1.807, 2.05) is 6.08 Å². The van der Waals surface area contributed by atoms with Crippen molar-refractivity contribution in [1.82, 2.24) is 5.32 Å². The first-order valence-electron chi connectivity index (χ1n) is 7.77. The minimum Gasteiger partial charge on any atom is -0.374 e. The summed E-state index contributed by atoms with van der Waals surface area (Å²) in [5.41, 5.74) is 0. The van der Waals surface area contributed by atoms with Gasteiger partial charge in [0, 0.05) is 6.04 Å². The summed E-state index contributed by atoms with van der Waals surface area (Å²) in [6.45, 7) is 9.31. The molecule has 1 rings (SSSR count). The maximum absolute atomic E-state index is 6.02. The summed E-state index contributed by atoms with van der Waals surface area (Å²) in [6.07, 6.45) is 12.9. The molecule has 0 aromatic rings. The maximum Gasteiger partial charge on any atom is 0.0732 e. The second-order valence-electron chi connectivity index (χ2n) is 5.55. The Labute approximate surface area is 113 Å². The van der Waals surface area contributed by atoms with Crippen LogP contribution in [-0.2, 0) is 4.74 Å². The van der Waals surface area contributed by atoms with Crippen molar-refractivity contribution in [2.24, 2.45) is 0 Å². The molecule has 0 spiro atoms. The molecule has 106 valence electrons. The van der Waals surface area contributed by atoms with Crippen LogP contribution in [0.4, 0.5) is 0 Å². The Hall–Kier alpha value is -0.340. The molecular weight excluding hydrogens is 222 g/mol. The minimum atomic E-state index is 0.450. The van der Waals surface area contributed by atoms with Gasteiger partial charge >= 0.3 is 0 Å². The fourth-order valence-corrected chi connectivity index (χ4v) is 2.71. The van der Waals surface area contributed by atoms with Crippen LogP contribution < -0.4 is 5.32 Å². The smallest absolute Gasteiger partial charge is 0.0732 e. The highest BCUT2D eigenvalue weighted by Crippen LogP contribution is 2.24. The third kappa shape index (κ3) is 6.01. The molecule has 0 aromatic heterocycles. The molecule has 0 bridgehead atoms. The lowest BCUT2D eigenvalue weighted by Crippen LogP contribution is -2.40. The average molecular weight is 253 g/mol.